The zero-order valence-electron chi connectivity index (χ0n) is 9.99. The van der Waals surface area contributed by atoms with Gasteiger partial charge in [-0.05, 0) is 44.5 Å². The molecule has 1 aromatic carbocycles. The van der Waals surface area contributed by atoms with Crippen LogP contribution in [-0.4, -0.2) is 11.5 Å². The minimum Gasteiger partial charge on any atom is -0.357 e. The van der Waals surface area contributed by atoms with E-state index in [4.69, 9.17) is 4.84 Å². The van der Waals surface area contributed by atoms with Crippen molar-refractivity contribution in [1.82, 2.24) is 0 Å². The highest BCUT2D eigenvalue weighted by Gasteiger charge is 1.99. The average Bonchev–Trinajstić information content (AvgIpc) is 2.27. The van der Waals surface area contributed by atoms with Crippen LogP contribution >= 0.6 is 0 Å². The van der Waals surface area contributed by atoms with Crippen LogP contribution in [0.2, 0.25) is 0 Å². The van der Waals surface area contributed by atoms with Gasteiger partial charge in [-0.1, -0.05) is 18.5 Å². The first-order valence-corrected chi connectivity index (χ1v) is 5.45. The lowest BCUT2D eigenvalue weighted by molar-refractivity contribution is 0.101. The third-order valence-corrected chi connectivity index (χ3v) is 2.18. The Labute approximate surface area is 96.1 Å². The van der Waals surface area contributed by atoms with Gasteiger partial charge in [0, 0.05) is 5.56 Å². The van der Waals surface area contributed by atoms with Crippen LogP contribution in [-0.2, 0) is 0 Å². The maximum Gasteiger partial charge on any atom is 0.159 e. The van der Waals surface area contributed by atoms with E-state index in [1.54, 1.807) is 31.2 Å². The first kappa shape index (κ1) is 12.4. The molecule has 0 bridgehead atoms. The van der Waals surface area contributed by atoms with E-state index in [1.807, 2.05) is 6.92 Å². The van der Waals surface area contributed by atoms with E-state index in [0.29, 0.717) is 11.3 Å². The molecule has 0 aliphatic carbocycles. The topological polar surface area (TPSA) is 38.7 Å². The van der Waals surface area contributed by atoms with Gasteiger partial charge >= 0.3 is 0 Å². The molecule has 1 aromatic rings. The van der Waals surface area contributed by atoms with Crippen molar-refractivity contribution in [3.05, 3.63) is 29.8 Å². The lowest BCUT2D eigenvalue weighted by atomic mass is 10.1. The van der Waals surface area contributed by atoms with E-state index < -0.39 is 0 Å². The fourth-order valence-electron chi connectivity index (χ4n) is 1.29. The maximum absolute atomic E-state index is 11.0. The van der Waals surface area contributed by atoms with Gasteiger partial charge in [0.2, 0.25) is 0 Å². The van der Waals surface area contributed by atoms with E-state index in [-0.39, 0.29) is 5.78 Å². The molecular formula is C13H17NO2. The summed E-state index contributed by atoms with van der Waals surface area (Å²) < 4.78 is 0. The number of nitrogens with zero attached hydrogens (tertiary/aromatic N) is 1. The number of hydrogen-bond acceptors (Lipinski definition) is 3. The molecule has 86 valence electrons. The molecule has 0 saturated heterocycles. The number of carbonyl (C=O) groups is 1. The smallest absolute Gasteiger partial charge is 0.159 e. The number of hydrogen-bond donors (Lipinski definition) is 0. The highest BCUT2D eigenvalue weighted by molar-refractivity contribution is 5.94. The van der Waals surface area contributed by atoms with Gasteiger partial charge in [-0.2, -0.15) is 0 Å². The highest BCUT2D eigenvalue weighted by atomic mass is 16.6. The van der Waals surface area contributed by atoms with Gasteiger partial charge in [0.15, 0.2) is 11.5 Å². The Morgan fingerprint density at radius 3 is 2.38 bits per heavy atom. The zero-order chi connectivity index (χ0) is 12.0. The molecule has 1 rings (SSSR count). The normalized spacial score (nSPS) is 11.3. The van der Waals surface area contributed by atoms with Crippen LogP contribution in [0.3, 0.4) is 0 Å². The number of Topliss-reactive ketones (excluding diaryl/α,β-unsaturated/α-hetero) is 1. The standard InChI is InChI=1S/C13H17NO2/c1-4-5-10(2)14-16-13-8-6-12(7-9-13)11(3)15/h6-9H,4-5H2,1-3H3/b14-10+. The van der Waals surface area contributed by atoms with Crippen LogP contribution in [0.5, 0.6) is 5.75 Å². The van der Waals surface area contributed by atoms with Crippen molar-refractivity contribution >= 4 is 11.5 Å². The van der Waals surface area contributed by atoms with E-state index >= 15 is 0 Å². The molecule has 0 saturated carbocycles. The zero-order valence-corrected chi connectivity index (χ0v) is 9.99. The van der Waals surface area contributed by atoms with E-state index in [2.05, 4.69) is 12.1 Å². The van der Waals surface area contributed by atoms with Crippen molar-refractivity contribution in [2.24, 2.45) is 5.16 Å². The monoisotopic (exact) mass is 219 g/mol. The third-order valence-electron chi connectivity index (χ3n) is 2.18. The fourth-order valence-corrected chi connectivity index (χ4v) is 1.29. The largest absolute Gasteiger partial charge is 0.357 e. The Balaban J connectivity index is 2.62. The van der Waals surface area contributed by atoms with Gasteiger partial charge in [0.05, 0.1) is 5.71 Å². The van der Waals surface area contributed by atoms with Gasteiger partial charge in [0.25, 0.3) is 0 Å². The molecule has 0 spiro atoms. The number of oxime groups is 1. The Morgan fingerprint density at radius 2 is 1.88 bits per heavy atom. The molecule has 0 atom stereocenters. The van der Waals surface area contributed by atoms with Crippen molar-refractivity contribution in [2.45, 2.75) is 33.6 Å². The Kier molecular flexibility index (Phi) is 4.70. The van der Waals surface area contributed by atoms with Crippen molar-refractivity contribution < 1.29 is 9.63 Å². The van der Waals surface area contributed by atoms with Crippen LogP contribution in [0.25, 0.3) is 0 Å². The number of ketones is 1. The average molecular weight is 219 g/mol. The van der Waals surface area contributed by atoms with E-state index in [1.165, 1.54) is 0 Å². The molecule has 3 heteroatoms. The summed E-state index contributed by atoms with van der Waals surface area (Å²) in [6.45, 7) is 5.58. The van der Waals surface area contributed by atoms with Gasteiger partial charge in [0.1, 0.15) is 0 Å². The van der Waals surface area contributed by atoms with Crippen molar-refractivity contribution in [3.63, 3.8) is 0 Å². The van der Waals surface area contributed by atoms with Gasteiger partial charge in [-0.25, -0.2) is 0 Å². The molecule has 0 aliphatic heterocycles. The van der Waals surface area contributed by atoms with Gasteiger partial charge in [-0.15, -0.1) is 0 Å². The van der Waals surface area contributed by atoms with Crippen molar-refractivity contribution in [3.8, 4) is 5.75 Å². The second-order valence-corrected chi connectivity index (χ2v) is 3.75. The molecule has 0 amide bonds. The van der Waals surface area contributed by atoms with E-state index in [9.17, 15) is 4.79 Å². The van der Waals surface area contributed by atoms with Crippen LogP contribution in [0.15, 0.2) is 29.4 Å². The summed E-state index contributed by atoms with van der Waals surface area (Å²) in [5.41, 5.74) is 1.65. The SMILES string of the molecule is CCC/C(C)=N/Oc1ccc(C(C)=O)cc1. The lowest BCUT2D eigenvalue weighted by Gasteiger charge is -2.01. The molecule has 0 N–H and O–H groups in total. The van der Waals surface area contributed by atoms with Crippen molar-refractivity contribution in [2.75, 3.05) is 0 Å². The summed E-state index contributed by atoms with van der Waals surface area (Å²) in [6.07, 6.45) is 1.99. The molecule has 0 aromatic heterocycles. The summed E-state index contributed by atoms with van der Waals surface area (Å²) in [6, 6.07) is 6.98. The van der Waals surface area contributed by atoms with Crippen LogP contribution in [0.1, 0.15) is 44.0 Å². The molecule has 16 heavy (non-hydrogen) atoms. The summed E-state index contributed by atoms with van der Waals surface area (Å²) in [4.78, 5) is 16.3. The maximum atomic E-state index is 11.0. The summed E-state index contributed by atoms with van der Waals surface area (Å²) in [5.74, 6) is 0.706. The van der Waals surface area contributed by atoms with Crippen LogP contribution < -0.4 is 4.84 Å². The molecule has 0 aliphatic rings. The molecule has 0 heterocycles. The number of rotatable bonds is 5. The second-order valence-electron chi connectivity index (χ2n) is 3.75. The summed E-state index contributed by atoms with van der Waals surface area (Å²) in [7, 11) is 0. The molecule has 0 radical (unpaired) electrons. The number of benzene rings is 1. The molecule has 3 nitrogen and oxygen atoms in total. The first-order valence-electron chi connectivity index (χ1n) is 5.45. The lowest BCUT2D eigenvalue weighted by Crippen LogP contribution is -1.95. The highest BCUT2D eigenvalue weighted by Crippen LogP contribution is 2.13. The Hall–Kier alpha value is -1.64. The predicted octanol–water partition coefficient (Wildman–Crippen LogP) is 3.44. The minimum atomic E-state index is 0.0530. The quantitative estimate of drug-likeness (QED) is 0.432. The van der Waals surface area contributed by atoms with Gasteiger partial charge < -0.3 is 4.84 Å². The van der Waals surface area contributed by atoms with Crippen molar-refractivity contribution in [1.29, 1.82) is 0 Å². The number of carbonyl (C=O) groups excluding carboxylic acids is 1. The minimum absolute atomic E-state index is 0.0530. The second kappa shape index (κ2) is 6.05. The van der Waals surface area contributed by atoms with Gasteiger partial charge in [-0.3, -0.25) is 4.79 Å². The Morgan fingerprint density at radius 1 is 1.25 bits per heavy atom. The predicted molar refractivity (Wildman–Crippen MR) is 65.1 cm³/mol. The molecular weight excluding hydrogens is 202 g/mol. The van der Waals surface area contributed by atoms with E-state index in [0.717, 1.165) is 18.6 Å². The fraction of sp³-hybridized carbons (Fsp3) is 0.385. The Bertz CT molecular complexity index is 379. The van der Waals surface area contributed by atoms with Crippen LogP contribution in [0.4, 0.5) is 0 Å². The first-order chi connectivity index (χ1) is 7.63. The molecule has 0 unspecified atom stereocenters. The third kappa shape index (κ3) is 3.85. The summed E-state index contributed by atoms with van der Waals surface area (Å²) >= 11 is 0. The molecule has 0 fully saturated rings. The summed E-state index contributed by atoms with van der Waals surface area (Å²) in [5, 5.41) is 3.99. The van der Waals surface area contributed by atoms with Crippen LogP contribution in [0, 0.1) is 0 Å².